The molecule has 1 saturated heterocycles. The Balaban J connectivity index is 1.40. The minimum absolute atomic E-state index is 0.113. The summed E-state index contributed by atoms with van der Waals surface area (Å²) in [4.78, 5) is 40.0. The highest BCUT2D eigenvalue weighted by molar-refractivity contribution is 6.07. The number of amides is 3. The minimum atomic E-state index is -0.514. The first-order valence-corrected chi connectivity index (χ1v) is 11.3. The van der Waals surface area contributed by atoms with Gasteiger partial charge in [0.05, 0.1) is 23.8 Å². The molecule has 3 aromatic carbocycles. The van der Waals surface area contributed by atoms with E-state index in [1.807, 2.05) is 61.5 Å². The van der Waals surface area contributed by atoms with E-state index < -0.39 is 5.92 Å². The number of hydrogen-bond acceptors (Lipinski definition) is 4. The van der Waals surface area contributed by atoms with Crippen LogP contribution in [0.2, 0.25) is 0 Å². The van der Waals surface area contributed by atoms with E-state index in [0.717, 1.165) is 17.0 Å². The van der Waals surface area contributed by atoms with Crippen LogP contribution in [0, 0.1) is 5.92 Å². The van der Waals surface area contributed by atoms with E-state index in [1.165, 1.54) is 0 Å². The molecule has 0 spiro atoms. The lowest BCUT2D eigenvalue weighted by Crippen LogP contribution is -2.29. The Hall–Kier alpha value is -4.13. The van der Waals surface area contributed by atoms with Crippen molar-refractivity contribution in [3.63, 3.8) is 0 Å². The fourth-order valence-corrected chi connectivity index (χ4v) is 3.92. The van der Waals surface area contributed by atoms with Gasteiger partial charge in [-0.3, -0.25) is 14.4 Å². The second-order valence-corrected chi connectivity index (χ2v) is 8.04. The first-order chi connectivity index (χ1) is 16.5. The van der Waals surface area contributed by atoms with Crippen molar-refractivity contribution in [3.8, 4) is 5.75 Å². The number of rotatable bonds is 8. The van der Waals surface area contributed by atoms with Crippen LogP contribution in [0.3, 0.4) is 0 Å². The molecule has 2 N–H and O–H groups in total. The van der Waals surface area contributed by atoms with Crippen molar-refractivity contribution in [2.75, 3.05) is 23.4 Å². The molecule has 34 heavy (non-hydrogen) atoms. The van der Waals surface area contributed by atoms with Gasteiger partial charge in [0.1, 0.15) is 5.75 Å². The van der Waals surface area contributed by atoms with E-state index in [9.17, 15) is 14.4 Å². The zero-order valence-electron chi connectivity index (χ0n) is 19.0. The molecule has 7 nitrogen and oxygen atoms in total. The topological polar surface area (TPSA) is 87.7 Å². The van der Waals surface area contributed by atoms with Crippen LogP contribution in [0.25, 0.3) is 0 Å². The predicted molar refractivity (Wildman–Crippen MR) is 131 cm³/mol. The average Bonchev–Trinajstić information content (AvgIpc) is 3.26. The van der Waals surface area contributed by atoms with Gasteiger partial charge in [0.2, 0.25) is 11.8 Å². The highest BCUT2D eigenvalue weighted by Gasteiger charge is 2.35. The number of hydrogen-bond donors (Lipinski definition) is 2. The highest BCUT2D eigenvalue weighted by atomic mass is 16.5. The molecule has 174 valence electrons. The van der Waals surface area contributed by atoms with Crippen LogP contribution in [-0.4, -0.2) is 30.9 Å². The monoisotopic (exact) mass is 457 g/mol. The molecule has 1 aliphatic heterocycles. The first-order valence-electron chi connectivity index (χ1n) is 11.3. The Labute approximate surface area is 198 Å². The van der Waals surface area contributed by atoms with Crippen molar-refractivity contribution in [2.24, 2.45) is 5.92 Å². The van der Waals surface area contributed by atoms with Crippen LogP contribution in [0.5, 0.6) is 5.75 Å². The fraction of sp³-hybridized carbons (Fsp3) is 0.222. The summed E-state index contributed by atoms with van der Waals surface area (Å²) in [6, 6.07) is 23.7. The largest absolute Gasteiger partial charge is 0.494 e. The number of ether oxygens (including phenoxy) is 1. The summed E-state index contributed by atoms with van der Waals surface area (Å²) in [5.74, 6) is -0.463. The number of carbonyl (C=O) groups excluding carboxylic acids is 3. The quantitative estimate of drug-likeness (QED) is 0.535. The third kappa shape index (κ3) is 5.43. The van der Waals surface area contributed by atoms with E-state index in [2.05, 4.69) is 10.6 Å². The van der Waals surface area contributed by atoms with Gasteiger partial charge < -0.3 is 20.3 Å². The van der Waals surface area contributed by atoms with Crippen LogP contribution < -0.4 is 20.3 Å². The molecule has 1 fully saturated rings. The molecule has 0 aliphatic carbocycles. The lowest BCUT2D eigenvalue weighted by molar-refractivity contribution is -0.122. The minimum Gasteiger partial charge on any atom is -0.494 e. The second-order valence-electron chi connectivity index (χ2n) is 8.04. The molecule has 0 radical (unpaired) electrons. The van der Waals surface area contributed by atoms with Gasteiger partial charge in [0, 0.05) is 25.2 Å². The van der Waals surface area contributed by atoms with Gasteiger partial charge in [-0.1, -0.05) is 42.5 Å². The van der Waals surface area contributed by atoms with Crippen molar-refractivity contribution in [1.82, 2.24) is 5.32 Å². The molecular weight excluding hydrogens is 430 g/mol. The second kappa shape index (κ2) is 10.7. The van der Waals surface area contributed by atoms with Crippen LogP contribution in [-0.2, 0) is 16.1 Å². The molecular formula is C27H27N3O4. The van der Waals surface area contributed by atoms with Crippen LogP contribution in [0.4, 0.5) is 11.4 Å². The van der Waals surface area contributed by atoms with Crippen molar-refractivity contribution >= 4 is 29.1 Å². The number of carbonyl (C=O) groups is 3. The predicted octanol–water partition coefficient (Wildman–Crippen LogP) is 4.01. The molecule has 4 rings (SSSR count). The highest BCUT2D eigenvalue weighted by Crippen LogP contribution is 2.28. The van der Waals surface area contributed by atoms with Crippen molar-refractivity contribution in [2.45, 2.75) is 19.9 Å². The van der Waals surface area contributed by atoms with Crippen molar-refractivity contribution in [1.29, 1.82) is 0 Å². The molecule has 7 heteroatoms. The van der Waals surface area contributed by atoms with E-state index in [-0.39, 0.29) is 30.7 Å². The SMILES string of the molecule is CCOc1ccc(N2C[C@H](C(=O)Nc3ccccc3C(=O)NCc3ccccc3)CC2=O)cc1. The summed E-state index contributed by atoms with van der Waals surface area (Å²) in [7, 11) is 0. The summed E-state index contributed by atoms with van der Waals surface area (Å²) in [5, 5.41) is 5.74. The summed E-state index contributed by atoms with van der Waals surface area (Å²) >= 11 is 0. The van der Waals surface area contributed by atoms with Crippen LogP contribution in [0.1, 0.15) is 29.3 Å². The number of nitrogens with zero attached hydrogens (tertiary/aromatic N) is 1. The Bertz CT molecular complexity index is 1160. The summed E-state index contributed by atoms with van der Waals surface area (Å²) < 4.78 is 5.45. The Morgan fingerprint density at radius 1 is 0.971 bits per heavy atom. The molecule has 3 aromatic rings. The maximum atomic E-state index is 13.0. The molecule has 1 atom stereocenters. The number of benzene rings is 3. The maximum absolute atomic E-state index is 13.0. The lowest BCUT2D eigenvalue weighted by atomic mass is 10.1. The van der Waals surface area contributed by atoms with E-state index in [0.29, 0.717) is 24.4 Å². The van der Waals surface area contributed by atoms with Gasteiger partial charge in [0.15, 0.2) is 0 Å². The maximum Gasteiger partial charge on any atom is 0.253 e. The van der Waals surface area contributed by atoms with Gasteiger partial charge in [-0.05, 0) is 48.9 Å². The van der Waals surface area contributed by atoms with Crippen molar-refractivity contribution < 1.29 is 19.1 Å². The number of anilines is 2. The zero-order chi connectivity index (χ0) is 23.9. The molecule has 3 amide bonds. The summed E-state index contributed by atoms with van der Waals surface area (Å²) in [6.45, 7) is 3.14. The first kappa shape index (κ1) is 23.0. The van der Waals surface area contributed by atoms with E-state index in [1.54, 1.807) is 29.2 Å². The zero-order valence-corrected chi connectivity index (χ0v) is 19.0. The third-order valence-electron chi connectivity index (χ3n) is 5.68. The van der Waals surface area contributed by atoms with Gasteiger partial charge in [-0.15, -0.1) is 0 Å². The number of nitrogens with one attached hydrogen (secondary N) is 2. The fourth-order valence-electron chi connectivity index (χ4n) is 3.92. The normalized spacial score (nSPS) is 15.1. The lowest BCUT2D eigenvalue weighted by Gasteiger charge is -2.17. The van der Waals surface area contributed by atoms with Gasteiger partial charge in [-0.25, -0.2) is 0 Å². The van der Waals surface area contributed by atoms with Gasteiger partial charge in [-0.2, -0.15) is 0 Å². The average molecular weight is 458 g/mol. The smallest absolute Gasteiger partial charge is 0.253 e. The van der Waals surface area contributed by atoms with Crippen molar-refractivity contribution in [3.05, 3.63) is 90.0 Å². The standard InChI is InChI=1S/C27H27N3O4/c1-2-34-22-14-12-21(13-15-22)30-18-20(16-25(30)31)26(32)29-24-11-7-6-10-23(24)27(33)28-17-19-8-4-3-5-9-19/h3-15,20H,2,16-18H2,1H3,(H,28,33)(H,29,32)/t20-/m1/s1. The van der Waals surface area contributed by atoms with Gasteiger partial charge in [0.25, 0.3) is 5.91 Å². The summed E-state index contributed by atoms with van der Waals surface area (Å²) in [6.07, 6.45) is 0.113. The molecule has 0 aromatic heterocycles. The molecule has 1 aliphatic rings. The third-order valence-corrected chi connectivity index (χ3v) is 5.68. The molecule has 0 bridgehead atoms. The molecule has 1 heterocycles. The molecule has 0 unspecified atom stereocenters. The Kier molecular flexibility index (Phi) is 7.22. The summed E-state index contributed by atoms with van der Waals surface area (Å²) in [5.41, 5.74) is 2.50. The van der Waals surface area contributed by atoms with Crippen LogP contribution in [0.15, 0.2) is 78.9 Å². The Morgan fingerprint density at radius 2 is 1.68 bits per heavy atom. The Morgan fingerprint density at radius 3 is 2.41 bits per heavy atom. The molecule has 0 saturated carbocycles. The van der Waals surface area contributed by atoms with E-state index in [4.69, 9.17) is 4.74 Å². The van der Waals surface area contributed by atoms with E-state index >= 15 is 0 Å². The van der Waals surface area contributed by atoms with Gasteiger partial charge >= 0.3 is 0 Å². The number of para-hydroxylation sites is 1. The van der Waals surface area contributed by atoms with Crippen LogP contribution >= 0.6 is 0 Å².